The van der Waals surface area contributed by atoms with E-state index in [1.165, 1.54) is 0 Å². The van der Waals surface area contributed by atoms with Crippen LogP contribution in [0.2, 0.25) is 0 Å². The summed E-state index contributed by atoms with van der Waals surface area (Å²) in [7, 11) is 11.5. The number of benzene rings is 1. The molecule has 0 amide bonds. The third kappa shape index (κ3) is 1.63. The van der Waals surface area contributed by atoms with Crippen molar-refractivity contribution in [2.45, 2.75) is 13.8 Å². The summed E-state index contributed by atoms with van der Waals surface area (Å²) in [6.07, 6.45) is 0. The molecule has 0 aliphatic rings. The average molecular weight is 252 g/mol. The third-order valence-electron chi connectivity index (χ3n) is 1.83. The predicted octanol–water partition coefficient (Wildman–Crippen LogP) is 0.496. The van der Waals surface area contributed by atoms with Crippen molar-refractivity contribution < 1.29 is 0 Å². The molecule has 52 valence electrons. The summed E-state index contributed by atoms with van der Waals surface area (Å²) in [5.74, 6) is 0. The van der Waals surface area contributed by atoms with Crippen molar-refractivity contribution in [1.82, 2.24) is 0 Å². The maximum atomic E-state index is 5.77. The first kappa shape index (κ1) is 9.17. The minimum atomic E-state index is 0.800. The molecule has 0 nitrogen and oxygen atoms in total. The molecule has 0 spiro atoms. The van der Waals surface area contributed by atoms with Crippen molar-refractivity contribution >= 4 is 49.2 Å². The van der Waals surface area contributed by atoms with Crippen LogP contribution < -0.4 is 10.9 Å². The van der Waals surface area contributed by atoms with Gasteiger partial charge >= 0.3 is 0 Å². The van der Waals surface area contributed by atoms with Crippen LogP contribution in [0.5, 0.6) is 0 Å². The Morgan fingerprint density at radius 2 is 1.73 bits per heavy atom. The normalized spacial score (nSPS) is 10.1. The summed E-state index contributed by atoms with van der Waals surface area (Å²) < 4.78 is 1.08. The van der Waals surface area contributed by atoms with Crippen LogP contribution in [-0.2, 0) is 0 Å². The lowest BCUT2D eigenvalue weighted by Gasteiger charge is -2.10. The van der Waals surface area contributed by atoms with Crippen LogP contribution in [0.25, 0.3) is 0 Å². The summed E-state index contributed by atoms with van der Waals surface area (Å²) in [5, 5.41) is 0. The second kappa shape index (κ2) is 3.21. The zero-order valence-corrected chi connectivity index (χ0v) is 8.77. The zero-order valence-electron chi connectivity index (χ0n) is 6.61. The first-order valence-electron chi connectivity index (χ1n) is 3.34. The Morgan fingerprint density at radius 1 is 1.18 bits per heavy atom. The Labute approximate surface area is 83.7 Å². The largest absolute Gasteiger partial charge is 0.115 e. The van der Waals surface area contributed by atoms with Crippen molar-refractivity contribution in [3.8, 4) is 0 Å². The fourth-order valence-corrected chi connectivity index (χ4v) is 1.84. The van der Waals surface area contributed by atoms with E-state index in [9.17, 15) is 0 Å². The molecule has 0 aromatic heterocycles. The number of halogens is 1. The van der Waals surface area contributed by atoms with E-state index in [0.29, 0.717) is 0 Å². The van der Waals surface area contributed by atoms with Gasteiger partial charge in [-0.3, -0.25) is 0 Å². The van der Waals surface area contributed by atoms with Crippen LogP contribution in [0.1, 0.15) is 11.1 Å². The summed E-state index contributed by atoms with van der Waals surface area (Å²) in [5.41, 5.74) is 3.70. The fourth-order valence-electron chi connectivity index (χ4n) is 0.966. The lowest BCUT2D eigenvalue weighted by Crippen LogP contribution is -2.24. The summed E-state index contributed by atoms with van der Waals surface area (Å²) in [6, 6.07) is 2.00. The number of hydrogen-bond acceptors (Lipinski definition) is 0. The van der Waals surface area contributed by atoms with Crippen LogP contribution in [0.3, 0.4) is 0 Å². The van der Waals surface area contributed by atoms with Gasteiger partial charge in [-0.2, -0.15) is 0 Å². The Balaban J connectivity index is 3.46. The van der Waals surface area contributed by atoms with Gasteiger partial charge in [0.05, 0.1) is 0 Å². The molecule has 4 radical (unpaired) electrons. The highest BCUT2D eigenvalue weighted by Gasteiger charge is 2.02. The second-order valence-electron chi connectivity index (χ2n) is 2.63. The van der Waals surface area contributed by atoms with Crippen LogP contribution in [0, 0.1) is 17.4 Å². The molecule has 0 unspecified atom stereocenters. The van der Waals surface area contributed by atoms with E-state index in [4.69, 9.17) is 15.7 Å². The number of aryl methyl sites for hydroxylation is 1. The fraction of sp³-hybridized carbons (Fsp3) is 0.250. The zero-order chi connectivity index (χ0) is 8.59. The monoisotopic (exact) mass is 252 g/mol. The van der Waals surface area contributed by atoms with E-state index >= 15 is 0 Å². The van der Waals surface area contributed by atoms with Crippen LogP contribution >= 0.6 is 22.6 Å². The highest BCUT2D eigenvalue weighted by atomic mass is 127. The Morgan fingerprint density at radius 3 is 2.27 bits per heavy atom. The average Bonchev–Trinajstić information content (AvgIpc) is 1.97. The van der Waals surface area contributed by atoms with E-state index in [1.807, 2.05) is 19.9 Å². The van der Waals surface area contributed by atoms with Gasteiger partial charge in [-0.05, 0) is 42.5 Å². The molecule has 0 bridgehead atoms. The van der Waals surface area contributed by atoms with Gasteiger partial charge in [0.15, 0.2) is 0 Å². The van der Waals surface area contributed by atoms with E-state index < -0.39 is 0 Å². The Bertz CT molecular complexity index is 268. The molecule has 1 aromatic carbocycles. The SMILES string of the molecule is [B]c1c(C)cc(I)c([B])c1C. The minimum absolute atomic E-state index is 0.800. The van der Waals surface area contributed by atoms with Gasteiger partial charge in [-0.25, -0.2) is 0 Å². The number of rotatable bonds is 0. The van der Waals surface area contributed by atoms with Crippen LogP contribution in [0.4, 0.5) is 0 Å². The molecule has 1 rings (SSSR count). The molecule has 0 heterocycles. The van der Waals surface area contributed by atoms with Crippen LogP contribution in [0.15, 0.2) is 6.07 Å². The molecule has 1 aromatic rings. The molecular weight excluding hydrogens is 245 g/mol. The van der Waals surface area contributed by atoms with Crippen molar-refractivity contribution in [3.05, 3.63) is 20.8 Å². The van der Waals surface area contributed by atoms with Gasteiger partial charge in [0.25, 0.3) is 0 Å². The van der Waals surface area contributed by atoms with E-state index in [1.54, 1.807) is 0 Å². The second-order valence-corrected chi connectivity index (χ2v) is 3.79. The number of hydrogen-bond donors (Lipinski definition) is 0. The quantitative estimate of drug-likeness (QED) is 0.465. The molecule has 0 atom stereocenters. The standard InChI is InChI=1S/C8H7B2I/c1-4-3-6(11)8(10)5(2)7(4)9/h3H,1-2H3. The molecule has 0 aliphatic heterocycles. The lowest BCUT2D eigenvalue weighted by molar-refractivity contribution is 1.44. The maximum absolute atomic E-state index is 5.77. The van der Waals surface area contributed by atoms with Crippen molar-refractivity contribution in [2.75, 3.05) is 0 Å². The molecule has 0 N–H and O–H groups in total. The van der Waals surface area contributed by atoms with E-state index in [-0.39, 0.29) is 0 Å². The molecule has 0 saturated carbocycles. The molecule has 0 fully saturated rings. The Hall–Kier alpha value is 0.0799. The van der Waals surface area contributed by atoms with Crippen molar-refractivity contribution in [3.63, 3.8) is 0 Å². The Kier molecular flexibility index (Phi) is 2.68. The van der Waals surface area contributed by atoms with Crippen molar-refractivity contribution in [1.29, 1.82) is 0 Å². The lowest BCUT2D eigenvalue weighted by atomic mass is 9.79. The third-order valence-corrected chi connectivity index (χ3v) is 2.73. The summed E-state index contributed by atoms with van der Waals surface area (Å²) >= 11 is 2.21. The van der Waals surface area contributed by atoms with Crippen LogP contribution in [-0.4, -0.2) is 15.7 Å². The molecule has 11 heavy (non-hydrogen) atoms. The van der Waals surface area contributed by atoms with Gasteiger partial charge in [-0.15, -0.1) is 0 Å². The highest BCUT2D eigenvalue weighted by molar-refractivity contribution is 14.1. The van der Waals surface area contributed by atoms with Gasteiger partial charge < -0.3 is 0 Å². The van der Waals surface area contributed by atoms with Crippen molar-refractivity contribution in [2.24, 2.45) is 0 Å². The summed E-state index contributed by atoms with van der Waals surface area (Å²) in [4.78, 5) is 0. The van der Waals surface area contributed by atoms with Gasteiger partial charge in [0, 0.05) is 3.57 Å². The summed E-state index contributed by atoms with van der Waals surface area (Å²) in [6.45, 7) is 3.93. The maximum Gasteiger partial charge on any atom is 0.115 e. The first-order chi connectivity index (χ1) is 5.04. The van der Waals surface area contributed by atoms with E-state index in [0.717, 1.165) is 25.6 Å². The molecule has 0 aliphatic carbocycles. The van der Waals surface area contributed by atoms with E-state index in [2.05, 4.69) is 22.6 Å². The topological polar surface area (TPSA) is 0 Å². The minimum Gasteiger partial charge on any atom is -0.0915 e. The molecular formula is C8H7B2I. The van der Waals surface area contributed by atoms with Gasteiger partial charge in [-0.1, -0.05) is 22.1 Å². The van der Waals surface area contributed by atoms with Gasteiger partial charge in [0.2, 0.25) is 0 Å². The highest BCUT2D eigenvalue weighted by Crippen LogP contribution is 2.04. The molecule has 3 heteroatoms. The smallest absolute Gasteiger partial charge is 0.0915 e. The first-order valence-corrected chi connectivity index (χ1v) is 4.42. The molecule has 0 saturated heterocycles. The van der Waals surface area contributed by atoms with Gasteiger partial charge in [0.1, 0.15) is 15.7 Å². The predicted molar refractivity (Wildman–Crippen MR) is 59.4 cm³/mol.